The van der Waals surface area contributed by atoms with E-state index in [1.807, 2.05) is 6.92 Å². The molecule has 0 spiro atoms. The van der Waals surface area contributed by atoms with Crippen LogP contribution in [-0.4, -0.2) is 44.2 Å². The molecule has 0 N–H and O–H groups in total. The normalized spacial score (nSPS) is 16.6. The highest BCUT2D eigenvalue weighted by Gasteiger charge is 2.16. The molecule has 1 aromatic rings. The van der Waals surface area contributed by atoms with Crippen molar-refractivity contribution in [2.75, 3.05) is 44.2 Å². The number of anilines is 1. The zero-order valence-electron chi connectivity index (χ0n) is 12.3. The van der Waals surface area contributed by atoms with Gasteiger partial charge in [-0.15, -0.1) is 0 Å². The van der Waals surface area contributed by atoms with Gasteiger partial charge in [0, 0.05) is 31.9 Å². The van der Waals surface area contributed by atoms with Crippen LogP contribution in [-0.2, 0) is 0 Å². The van der Waals surface area contributed by atoms with Gasteiger partial charge in [0.25, 0.3) is 0 Å². The van der Waals surface area contributed by atoms with Gasteiger partial charge in [-0.25, -0.2) is 0 Å². The molecule has 0 aromatic heterocycles. The number of hydrogen-bond acceptors (Lipinski definition) is 3. The van der Waals surface area contributed by atoms with Gasteiger partial charge in [-0.2, -0.15) is 0 Å². The lowest BCUT2D eigenvalue weighted by molar-refractivity contribution is 0.254. The average molecular weight is 262 g/mol. The smallest absolute Gasteiger partial charge is 0.119 e. The fourth-order valence-electron chi connectivity index (χ4n) is 2.53. The Hall–Kier alpha value is -1.22. The number of unbranched alkanes of at least 4 members (excludes halogenated alkanes) is 1. The Labute approximate surface area is 117 Å². The van der Waals surface area contributed by atoms with Crippen molar-refractivity contribution >= 4 is 5.69 Å². The highest BCUT2D eigenvalue weighted by Crippen LogP contribution is 2.20. The first-order valence-corrected chi connectivity index (χ1v) is 7.53. The predicted octanol–water partition coefficient (Wildman–Crippen LogP) is 3.01. The molecule has 2 rings (SSSR count). The van der Waals surface area contributed by atoms with E-state index in [0.29, 0.717) is 0 Å². The van der Waals surface area contributed by atoms with Crippen LogP contribution in [0.25, 0.3) is 0 Å². The summed E-state index contributed by atoms with van der Waals surface area (Å²) < 4.78 is 5.48. The van der Waals surface area contributed by atoms with Crippen LogP contribution in [0.4, 0.5) is 5.69 Å². The summed E-state index contributed by atoms with van der Waals surface area (Å²) in [5, 5.41) is 0. The number of ether oxygens (including phenoxy) is 1. The molecule has 0 saturated carbocycles. The van der Waals surface area contributed by atoms with Crippen molar-refractivity contribution < 1.29 is 4.74 Å². The molecule has 19 heavy (non-hydrogen) atoms. The summed E-state index contributed by atoms with van der Waals surface area (Å²) >= 11 is 0. The molecule has 1 fully saturated rings. The van der Waals surface area contributed by atoms with Crippen molar-refractivity contribution in [3.63, 3.8) is 0 Å². The first kappa shape index (κ1) is 14.2. The molecule has 0 atom stereocenters. The molecule has 3 nitrogen and oxygen atoms in total. The highest BCUT2D eigenvalue weighted by molar-refractivity contribution is 5.49. The lowest BCUT2D eigenvalue weighted by atomic mass is 10.2. The molecule has 1 saturated heterocycles. The Balaban J connectivity index is 1.83. The Morgan fingerprint density at radius 1 is 1.00 bits per heavy atom. The van der Waals surface area contributed by atoms with E-state index in [4.69, 9.17) is 4.74 Å². The SMILES string of the molecule is CCCCN1CCN(c2ccc(OCC)cc2)CC1. The van der Waals surface area contributed by atoms with Gasteiger partial charge in [0.1, 0.15) is 5.75 Å². The van der Waals surface area contributed by atoms with E-state index < -0.39 is 0 Å². The second kappa shape index (κ2) is 7.39. The molecular formula is C16H26N2O. The first-order valence-electron chi connectivity index (χ1n) is 7.53. The topological polar surface area (TPSA) is 15.7 Å². The maximum Gasteiger partial charge on any atom is 0.119 e. The number of hydrogen-bond donors (Lipinski definition) is 0. The van der Waals surface area contributed by atoms with Crippen molar-refractivity contribution in [1.82, 2.24) is 4.90 Å². The quantitative estimate of drug-likeness (QED) is 0.784. The number of nitrogens with zero attached hydrogens (tertiary/aromatic N) is 2. The third-order valence-corrected chi connectivity index (χ3v) is 3.71. The molecule has 0 bridgehead atoms. The number of piperazine rings is 1. The minimum Gasteiger partial charge on any atom is -0.494 e. The van der Waals surface area contributed by atoms with Crippen LogP contribution in [0.5, 0.6) is 5.75 Å². The Bertz CT molecular complexity index is 356. The zero-order valence-corrected chi connectivity index (χ0v) is 12.3. The number of rotatable bonds is 6. The van der Waals surface area contributed by atoms with Crippen LogP contribution in [0.2, 0.25) is 0 Å². The Morgan fingerprint density at radius 2 is 1.68 bits per heavy atom. The van der Waals surface area contributed by atoms with Crippen LogP contribution in [0.3, 0.4) is 0 Å². The fourth-order valence-corrected chi connectivity index (χ4v) is 2.53. The van der Waals surface area contributed by atoms with Gasteiger partial charge in [-0.3, -0.25) is 4.90 Å². The van der Waals surface area contributed by atoms with Gasteiger partial charge < -0.3 is 9.64 Å². The van der Waals surface area contributed by atoms with Crippen LogP contribution >= 0.6 is 0 Å². The third-order valence-electron chi connectivity index (χ3n) is 3.71. The third kappa shape index (κ3) is 4.13. The van der Waals surface area contributed by atoms with E-state index in [9.17, 15) is 0 Å². The maximum atomic E-state index is 5.48. The second-order valence-electron chi connectivity index (χ2n) is 5.11. The van der Waals surface area contributed by atoms with Gasteiger partial charge in [0.05, 0.1) is 6.61 Å². The number of benzene rings is 1. The monoisotopic (exact) mass is 262 g/mol. The largest absolute Gasteiger partial charge is 0.494 e. The van der Waals surface area contributed by atoms with E-state index >= 15 is 0 Å². The van der Waals surface area contributed by atoms with Gasteiger partial charge in [-0.05, 0) is 44.2 Å². The molecular weight excluding hydrogens is 236 g/mol. The molecule has 0 amide bonds. The predicted molar refractivity (Wildman–Crippen MR) is 81.2 cm³/mol. The highest BCUT2D eigenvalue weighted by atomic mass is 16.5. The van der Waals surface area contributed by atoms with Crippen LogP contribution in [0.15, 0.2) is 24.3 Å². The minimum atomic E-state index is 0.732. The van der Waals surface area contributed by atoms with Crippen LogP contribution in [0.1, 0.15) is 26.7 Å². The van der Waals surface area contributed by atoms with E-state index in [0.717, 1.165) is 25.4 Å². The van der Waals surface area contributed by atoms with Crippen LogP contribution in [0, 0.1) is 0 Å². The van der Waals surface area contributed by atoms with Crippen molar-refractivity contribution in [2.45, 2.75) is 26.7 Å². The van der Waals surface area contributed by atoms with E-state index in [2.05, 4.69) is 41.0 Å². The summed E-state index contributed by atoms with van der Waals surface area (Å²) in [6.45, 7) is 10.9. The summed E-state index contributed by atoms with van der Waals surface area (Å²) in [6, 6.07) is 8.49. The molecule has 0 aliphatic carbocycles. The standard InChI is InChI=1S/C16H26N2O/c1-3-5-10-17-11-13-18(14-12-17)15-6-8-16(9-7-15)19-4-2/h6-9H,3-5,10-14H2,1-2H3. The van der Waals surface area contributed by atoms with Crippen LogP contribution < -0.4 is 9.64 Å². The molecule has 1 aliphatic heterocycles. The molecule has 0 radical (unpaired) electrons. The van der Waals surface area contributed by atoms with Gasteiger partial charge in [0.2, 0.25) is 0 Å². The van der Waals surface area contributed by atoms with Crippen molar-refractivity contribution in [1.29, 1.82) is 0 Å². The van der Waals surface area contributed by atoms with Crippen molar-refractivity contribution in [3.05, 3.63) is 24.3 Å². The average Bonchev–Trinajstić information content (AvgIpc) is 2.47. The van der Waals surface area contributed by atoms with E-state index in [1.54, 1.807) is 0 Å². The molecule has 3 heteroatoms. The van der Waals surface area contributed by atoms with E-state index in [-0.39, 0.29) is 0 Å². The van der Waals surface area contributed by atoms with Gasteiger partial charge in [-0.1, -0.05) is 13.3 Å². The summed E-state index contributed by atoms with van der Waals surface area (Å²) in [5.74, 6) is 0.966. The fraction of sp³-hybridized carbons (Fsp3) is 0.625. The Morgan fingerprint density at radius 3 is 2.26 bits per heavy atom. The summed E-state index contributed by atoms with van der Waals surface area (Å²) in [4.78, 5) is 5.05. The maximum absolute atomic E-state index is 5.48. The van der Waals surface area contributed by atoms with Gasteiger partial charge >= 0.3 is 0 Å². The van der Waals surface area contributed by atoms with Crippen molar-refractivity contribution in [3.8, 4) is 5.75 Å². The van der Waals surface area contributed by atoms with Crippen molar-refractivity contribution in [2.24, 2.45) is 0 Å². The zero-order chi connectivity index (χ0) is 13.5. The molecule has 1 heterocycles. The van der Waals surface area contributed by atoms with Gasteiger partial charge in [0.15, 0.2) is 0 Å². The summed E-state index contributed by atoms with van der Waals surface area (Å²) in [5.41, 5.74) is 1.32. The second-order valence-corrected chi connectivity index (χ2v) is 5.11. The molecule has 1 aliphatic rings. The molecule has 0 unspecified atom stereocenters. The summed E-state index contributed by atoms with van der Waals surface area (Å²) in [7, 11) is 0. The lowest BCUT2D eigenvalue weighted by Crippen LogP contribution is -2.46. The molecule has 1 aromatic carbocycles. The summed E-state index contributed by atoms with van der Waals surface area (Å²) in [6.07, 6.45) is 2.61. The molecule has 106 valence electrons. The lowest BCUT2D eigenvalue weighted by Gasteiger charge is -2.36. The Kier molecular flexibility index (Phi) is 5.52. The minimum absolute atomic E-state index is 0.732. The first-order chi connectivity index (χ1) is 9.33. The van der Waals surface area contributed by atoms with E-state index in [1.165, 1.54) is 38.2 Å².